The molecule has 3 aromatic rings. The normalized spacial score (nSPS) is 13.6. The van der Waals surface area contributed by atoms with E-state index in [1.54, 1.807) is 10.7 Å². The molecule has 0 fully saturated rings. The van der Waals surface area contributed by atoms with Gasteiger partial charge in [0.05, 0.1) is 16.9 Å². The number of fused-ring (bicyclic) bond motifs is 1. The van der Waals surface area contributed by atoms with E-state index in [9.17, 15) is 13.2 Å². The highest BCUT2D eigenvalue weighted by Crippen LogP contribution is 2.36. The fraction of sp³-hybridized carbons (Fsp3) is 0.167. The van der Waals surface area contributed by atoms with Crippen LogP contribution in [0, 0.1) is 3.57 Å². The smallest absolute Gasteiger partial charge is 0.369 e. The third kappa shape index (κ3) is 3.01. The minimum absolute atomic E-state index is 0.400. The van der Waals surface area contributed by atoms with Gasteiger partial charge in [0.2, 0.25) is 0 Å². The first-order valence-corrected chi connectivity index (χ1v) is 8.81. The quantitative estimate of drug-likeness (QED) is 0.544. The monoisotopic (exact) mass is 455 g/mol. The summed E-state index contributed by atoms with van der Waals surface area (Å²) in [4.78, 5) is 0. The van der Waals surface area contributed by atoms with Gasteiger partial charge in [0.15, 0.2) is 0 Å². The number of benzene rings is 2. The molecule has 0 atom stereocenters. The van der Waals surface area contributed by atoms with Gasteiger partial charge in [-0.25, -0.2) is 4.68 Å². The summed E-state index contributed by atoms with van der Waals surface area (Å²) in [6.45, 7) is 0.753. The Hall–Kier alpha value is -2.03. The summed E-state index contributed by atoms with van der Waals surface area (Å²) in [7, 11) is 0. The largest absolute Gasteiger partial charge is 0.416 e. The molecule has 1 aliphatic rings. The Morgan fingerprint density at radius 2 is 1.84 bits per heavy atom. The molecule has 0 bridgehead atoms. The lowest BCUT2D eigenvalue weighted by molar-refractivity contribution is -0.137. The van der Waals surface area contributed by atoms with Crippen molar-refractivity contribution in [2.24, 2.45) is 0 Å². The third-order valence-corrected chi connectivity index (χ3v) is 4.91. The number of nitrogens with zero attached hydrogens (tertiary/aromatic N) is 2. The van der Waals surface area contributed by atoms with Crippen LogP contribution in [0.15, 0.2) is 48.5 Å². The molecule has 0 radical (unpaired) electrons. The summed E-state index contributed by atoms with van der Waals surface area (Å²) in [5, 5.41) is 7.85. The number of rotatable bonds is 2. The second-order valence-electron chi connectivity index (χ2n) is 5.82. The van der Waals surface area contributed by atoms with Gasteiger partial charge < -0.3 is 5.32 Å². The van der Waals surface area contributed by atoms with Crippen molar-refractivity contribution in [3.05, 3.63) is 63.2 Å². The van der Waals surface area contributed by atoms with E-state index in [0.29, 0.717) is 5.69 Å². The summed E-state index contributed by atoms with van der Waals surface area (Å²) in [5.41, 5.74) is 2.54. The van der Waals surface area contributed by atoms with Crippen molar-refractivity contribution in [2.45, 2.75) is 12.6 Å². The molecule has 0 saturated carbocycles. The molecule has 2 heterocycles. The summed E-state index contributed by atoms with van der Waals surface area (Å²) >= 11 is 2.23. The van der Waals surface area contributed by atoms with Gasteiger partial charge in [-0.1, -0.05) is 18.2 Å². The van der Waals surface area contributed by atoms with Crippen LogP contribution in [0.4, 0.5) is 19.0 Å². The van der Waals surface area contributed by atoms with E-state index in [0.717, 1.165) is 51.3 Å². The first kappa shape index (κ1) is 16.4. The van der Waals surface area contributed by atoms with E-state index in [4.69, 9.17) is 0 Å². The highest BCUT2D eigenvalue weighted by atomic mass is 127. The van der Waals surface area contributed by atoms with Crippen molar-refractivity contribution in [3.8, 4) is 16.9 Å². The predicted octanol–water partition coefficient (Wildman–Crippen LogP) is 5.13. The molecule has 25 heavy (non-hydrogen) atoms. The number of nitrogens with one attached hydrogen (secondary N) is 1. The fourth-order valence-corrected chi connectivity index (χ4v) is 3.37. The standard InChI is InChI=1S/C18H13F3IN3/c19-18(20,21)12-2-1-3-14(10-12)25-17-15(8-9-23-17)16(24-25)11-4-6-13(22)7-5-11/h1-7,10,23H,8-9H2. The average Bonchev–Trinajstić information content (AvgIpc) is 3.17. The SMILES string of the molecule is FC(F)(F)c1cccc(-n2nc(-c3ccc(I)cc3)c3c2NCC3)c1. The molecule has 1 aromatic heterocycles. The lowest BCUT2D eigenvalue weighted by Crippen LogP contribution is -2.08. The first-order chi connectivity index (χ1) is 11.9. The third-order valence-electron chi connectivity index (χ3n) is 4.19. The van der Waals surface area contributed by atoms with Crippen LogP contribution in [-0.4, -0.2) is 16.3 Å². The minimum Gasteiger partial charge on any atom is -0.369 e. The van der Waals surface area contributed by atoms with E-state index in [1.165, 1.54) is 6.07 Å². The summed E-state index contributed by atoms with van der Waals surface area (Å²) in [6, 6.07) is 13.2. The van der Waals surface area contributed by atoms with E-state index < -0.39 is 11.7 Å². The number of anilines is 1. The maximum absolute atomic E-state index is 13.0. The maximum atomic E-state index is 13.0. The Morgan fingerprint density at radius 1 is 1.08 bits per heavy atom. The molecule has 0 spiro atoms. The maximum Gasteiger partial charge on any atom is 0.416 e. The molecule has 1 aliphatic heterocycles. The van der Waals surface area contributed by atoms with Gasteiger partial charge in [-0.2, -0.15) is 18.3 Å². The fourth-order valence-electron chi connectivity index (χ4n) is 3.02. The van der Waals surface area contributed by atoms with E-state index >= 15 is 0 Å². The molecular weight excluding hydrogens is 442 g/mol. The molecule has 0 unspecified atom stereocenters. The van der Waals surface area contributed by atoms with Gasteiger partial charge >= 0.3 is 6.18 Å². The molecule has 3 nitrogen and oxygen atoms in total. The van der Waals surface area contributed by atoms with Crippen molar-refractivity contribution in [1.29, 1.82) is 0 Å². The number of hydrogen-bond acceptors (Lipinski definition) is 2. The van der Waals surface area contributed by atoms with Crippen LogP contribution >= 0.6 is 22.6 Å². The molecule has 7 heteroatoms. The van der Waals surface area contributed by atoms with Crippen molar-refractivity contribution in [1.82, 2.24) is 9.78 Å². The van der Waals surface area contributed by atoms with Crippen LogP contribution in [0.2, 0.25) is 0 Å². The molecule has 4 rings (SSSR count). The molecule has 0 aliphatic carbocycles. The van der Waals surface area contributed by atoms with Gasteiger partial charge in [0, 0.05) is 21.2 Å². The van der Waals surface area contributed by atoms with E-state index in [-0.39, 0.29) is 0 Å². The predicted molar refractivity (Wildman–Crippen MR) is 98.9 cm³/mol. The number of aromatic nitrogens is 2. The van der Waals surface area contributed by atoms with Crippen LogP contribution in [0.25, 0.3) is 16.9 Å². The molecule has 1 N–H and O–H groups in total. The van der Waals surface area contributed by atoms with Crippen molar-refractivity contribution >= 4 is 28.4 Å². The Morgan fingerprint density at radius 3 is 2.56 bits per heavy atom. The first-order valence-electron chi connectivity index (χ1n) is 7.73. The van der Waals surface area contributed by atoms with Crippen molar-refractivity contribution < 1.29 is 13.2 Å². The highest BCUT2D eigenvalue weighted by molar-refractivity contribution is 14.1. The van der Waals surface area contributed by atoms with Crippen LogP contribution in [0.3, 0.4) is 0 Å². The Bertz CT molecular complexity index is 930. The molecule has 2 aromatic carbocycles. The minimum atomic E-state index is -4.38. The molecule has 128 valence electrons. The van der Waals surface area contributed by atoms with Gasteiger partial charge in [0.25, 0.3) is 0 Å². The highest BCUT2D eigenvalue weighted by Gasteiger charge is 2.31. The summed E-state index contributed by atoms with van der Waals surface area (Å²) < 4.78 is 41.8. The summed E-state index contributed by atoms with van der Waals surface area (Å²) in [5.74, 6) is 0.771. The second kappa shape index (κ2) is 6.05. The zero-order valence-corrected chi connectivity index (χ0v) is 15.1. The zero-order chi connectivity index (χ0) is 17.6. The van der Waals surface area contributed by atoms with E-state index in [2.05, 4.69) is 33.0 Å². The molecule has 0 amide bonds. The lowest BCUT2D eigenvalue weighted by atomic mass is 10.1. The lowest BCUT2D eigenvalue weighted by Gasteiger charge is -2.10. The second-order valence-corrected chi connectivity index (χ2v) is 7.06. The average molecular weight is 455 g/mol. The van der Waals surface area contributed by atoms with Crippen molar-refractivity contribution in [2.75, 3.05) is 11.9 Å². The van der Waals surface area contributed by atoms with Crippen LogP contribution in [-0.2, 0) is 12.6 Å². The number of alkyl halides is 3. The van der Waals surface area contributed by atoms with Crippen LogP contribution in [0.5, 0.6) is 0 Å². The molecule has 0 saturated heterocycles. The van der Waals surface area contributed by atoms with Gasteiger partial charge in [-0.3, -0.25) is 0 Å². The van der Waals surface area contributed by atoms with Gasteiger partial charge in [-0.15, -0.1) is 0 Å². The Balaban J connectivity index is 1.85. The topological polar surface area (TPSA) is 29.9 Å². The zero-order valence-electron chi connectivity index (χ0n) is 12.9. The van der Waals surface area contributed by atoms with Crippen LogP contribution in [0.1, 0.15) is 11.1 Å². The summed E-state index contributed by atoms with van der Waals surface area (Å²) in [6.07, 6.45) is -3.58. The van der Waals surface area contributed by atoms with Crippen molar-refractivity contribution in [3.63, 3.8) is 0 Å². The van der Waals surface area contributed by atoms with Crippen LogP contribution < -0.4 is 5.32 Å². The van der Waals surface area contributed by atoms with Gasteiger partial charge in [-0.05, 0) is 59.3 Å². The molecular formula is C18H13F3IN3. The van der Waals surface area contributed by atoms with E-state index in [1.807, 2.05) is 24.3 Å². The Labute approximate surface area is 156 Å². The number of hydrogen-bond donors (Lipinski definition) is 1. The number of halogens is 4. The van der Waals surface area contributed by atoms with Gasteiger partial charge in [0.1, 0.15) is 5.82 Å². The Kier molecular flexibility index (Phi) is 3.98.